The van der Waals surface area contributed by atoms with Gasteiger partial charge in [-0.15, -0.1) is 0 Å². The lowest BCUT2D eigenvalue weighted by Crippen LogP contribution is -2.23. The Morgan fingerprint density at radius 2 is 2.14 bits per heavy atom. The highest BCUT2D eigenvalue weighted by molar-refractivity contribution is 5.75. The van der Waals surface area contributed by atoms with Crippen LogP contribution >= 0.6 is 0 Å². The molecule has 1 aromatic carbocycles. The summed E-state index contributed by atoms with van der Waals surface area (Å²) in [7, 11) is 0. The highest BCUT2D eigenvalue weighted by Crippen LogP contribution is 2.04. The topological polar surface area (TPSA) is 46.5 Å². The van der Waals surface area contributed by atoms with E-state index in [1.165, 1.54) is 0 Å². The van der Waals surface area contributed by atoms with Crippen LogP contribution in [0.3, 0.4) is 0 Å². The minimum atomic E-state index is -1.13. The summed E-state index contributed by atoms with van der Waals surface area (Å²) >= 11 is 0. The molecule has 1 rings (SSSR count). The van der Waals surface area contributed by atoms with Crippen LogP contribution in [-0.2, 0) is 16.0 Å². The van der Waals surface area contributed by atoms with Gasteiger partial charge < -0.3 is 9.84 Å². The maximum atomic E-state index is 11.0. The first-order chi connectivity index (χ1) is 6.74. The molecule has 0 aliphatic carbocycles. The molecule has 0 aliphatic rings. The zero-order valence-corrected chi connectivity index (χ0v) is 7.72. The molecule has 1 unspecified atom stereocenters. The number of benzene rings is 1. The smallest absolute Gasteiger partial charge is 0.340 e. The lowest BCUT2D eigenvalue weighted by atomic mass is 10.1. The molecule has 0 fully saturated rings. The number of ether oxygens (including phenoxy) is 1. The van der Waals surface area contributed by atoms with Crippen molar-refractivity contribution in [3.63, 3.8) is 0 Å². The van der Waals surface area contributed by atoms with Crippen molar-refractivity contribution in [2.45, 2.75) is 12.5 Å². The molecular formula is C11H12O3. The van der Waals surface area contributed by atoms with Crippen LogP contribution in [0.4, 0.5) is 0 Å². The predicted octanol–water partition coefficient (Wildman–Crippen LogP) is 1.28. The van der Waals surface area contributed by atoms with Crippen molar-refractivity contribution in [2.75, 3.05) is 0 Å². The van der Waals surface area contributed by atoms with Gasteiger partial charge in [-0.25, -0.2) is 4.79 Å². The zero-order chi connectivity index (χ0) is 10.4. The first kappa shape index (κ1) is 10.5. The van der Waals surface area contributed by atoms with Gasteiger partial charge in [-0.2, -0.15) is 0 Å². The van der Waals surface area contributed by atoms with Crippen molar-refractivity contribution in [1.29, 1.82) is 0 Å². The van der Waals surface area contributed by atoms with E-state index in [9.17, 15) is 9.90 Å². The molecule has 14 heavy (non-hydrogen) atoms. The van der Waals surface area contributed by atoms with Gasteiger partial charge in [0.2, 0.25) is 0 Å². The first-order valence-electron chi connectivity index (χ1n) is 4.27. The molecule has 0 saturated heterocycles. The van der Waals surface area contributed by atoms with Crippen LogP contribution in [0, 0.1) is 0 Å². The molecule has 1 aromatic rings. The molecule has 0 saturated carbocycles. The first-order valence-corrected chi connectivity index (χ1v) is 4.27. The Bertz CT molecular complexity index is 306. The minimum Gasteiger partial charge on any atom is -0.433 e. The van der Waals surface area contributed by atoms with Gasteiger partial charge >= 0.3 is 5.97 Å². The number of hydrogen-bond donors (Lipinski definition) is 1. The number of carbonyl (C=O) groups excluding carboxylic acids is 1. The normalized spacial score (nSPS) is 11.8. The Labute approximate surface area is 82.6 Å². The van der Waals surface area contributed by atoms with Crippen molar-refractivity contribution in [2.24, 2.45) is 0 Å². The molecule has 1 N–H and O–H groups in total. The fourth-order valence-electron chi connectivity index (χ4n) is 1.08. The summed E-state index contributed by atoms with van der Waals surface area (Å²) in [6.45, 7) is 3.24. The van der Waals surface area contributed by atoms with E-state index in [4.69, 9.17) is 0 Å². The van der Waals surface area contributed by atoms with E-state index >= 15 is 0 Å². The molecular weight excluding hydrogens is 180 g/mol. The summed E-state index contributed by atoms with van der Waals surface area (Å²) in [5.74, 6) is -0.677. The molecule has 0 radical (unpaired) electrons. The third kappa shape index (κ3) is 3.03. The van der Waals surface area contributed by atoms with Gasteiger partial charge in [-0.05, 0) is 5.56 Å². The molecule has 0 amide bonds. The van der Waals surface area contributed by atoms with Gasteiger partial charge in [0.05, 0.1) is 6.26 Å². The lowest BCUT2D eigenvalue weighted by Gasteiger charge is -2.07. The Hall–Kier alpha value is -1.61. The Kier molecular flexibility index (Phi) is 3.88. The van der Waals surface area contributed by atoms with Crippen molar-refractivity contribution in [3.05, 3.63) is 48.7 Å². The maximum absolute atomic E-state index is 11.0. The lowest BCUT2D eigenvalue weighted by molar-refractivity contribution is -0.147. The molecule has 0 bridgehead atoms. The van der Waals surface area contributed by atoms with Crippen LogP contribution in [0.1, 0.15) is 5.56 Å². The maximum Gasteiger partial charge on any atom is 0.340 e. The van der Waals surface area contributed by atoms with E-state index in [1.807, 2.05) is 30.3 Å². The van der Waals surface area contributed by atoms with Crippen molar-refractivity contribution < 1.29 is 14.6 Å². The predicted molar refractivity (Wildman–Crippen MR) is 52.4 cm³/mol. The van der Waals surface area contributed by atoms with Gasteiger partial charge in [0.15, 0.2) is 6.10 Å². The highest BCUT2D eigenvalue weighted by atomic mass is 16.5. The molecule has 74 valence electrons. The fraction of sp³-hybridized carbons (Fsp3) is 0.182. The summed E-state index contributed by atoms with van der Waals surface area (Å²) in [6.07, 6.45) is 0.139. The highest BCUT2D eigenvalue weighted by Gasteiger charge is 2.15. The van der Waals surface area contributed by atoms with Gasteiger partial charge in [0.25, 0.3) is 0 Å². The summed E-state index contributed by atoms with van der Waals surface area (Å²) in [5.41, 5.74) is 0.890. The van der Waals surface area contributed by atoms with E-state index < -0.39 is 12.1 Å². The fourth-order valence-corrected chi connectivity index (χ4v) is 1.08. The van der Waals surface area contributed by atoms with Gasteiger partial charge in [-0.1, -0.05) is 36.9 Å². The van der Waals surface area contributed by atoms with E-state index in [-0.39, 0.29) is 6.42 Å². The zero-order valence-electron chi connectivity index (χ0n) is 7.72. The van der Waals surface area contributed by atoms with E-state index in [2.05, 4.69) is 11.3 Å². The summed E-state index contributed by atoms with van der Waals surface area (Å²) in [5, 5.41) is 9.38. The second-order valence-electron chi connectivity index (χ2n) is 2.81. The van der Waals surface area contributed by atoms with Crippen LogP contribution in [0.15, 0.2) is 43.2 Å². The van der Waals surface area contributed by atoms with Crippen LogP contribution < -0.4 is 0 Å². The standard InChI is InChI=1S/C11H12O3/c1-2-14-11(13)10(12)8-9-6-4-3-5-7-9/h2-7,10,12H,1,8H2. The number of rotatable bonds is 4. The molecule has 0 aliphatic heterocycles. The van der Waals surface area contributed by atoms with Gasteiger partial charge in [-0.3, -0.25) is 0 Å². The van der Waals surface area contributed by atoms with E-state index in [1.54, 1.807) is 0 Å². The third-order valence-corrected chi connectivity index (χ3v) is 1.74. The number of carbonyl (C=O) groups is 1. The van der Waals surface area contributed by atoms with Gasteiger partial charge in [0, 0.05) is 6.42 Å². The van der Waals surface area contributed by atoms with Crippen molar-refractivity contribution >= 4 is 5.97 Å². The SMILES string of the molecule is C=COC(=O)C(O)Cc1ccccc1. The third-order valence-electron chi connectivity index (χ3n) is 1.74. The molecule has 0 heterocycles. The second kappa shape index (κ2) is 5.19. The van der Waals surface area contributed by atoms with Gasteiger partial charge in [0.1, 0.15) is 0 Å². The molecule has 3 heteroatoms. The number of aliphatic hydroxyl groups excluding tert-OH is 1. The Morgan fingerprint density at radius 3 is 2.71 bits per heavy atom. The monoisotopic (exact) mass is 192 g/mol. The Morgan fingerprint density at radius 1 is 1.50 bits per heavy atom. The average molecular weight is 192 g/mol. The van der Waals surface area contributed by atoms with Crippen LogP contribution in [-0.4, -0.2) is 17.2 Å². The Balaban J connectivity index is 2.52. The molecule has 0 aromatic heterocycles. The minimum absolute atomic E-state index is 0.257. The van der Waals surface area contributed by atoms with Crippen LogP contribution in [0.2, 0.25) is 0 Å². The van der Waals surface area contributed by atoms with Crippen LogP contribution in [0.25, 0.3) is 0 Å². The summed E-state index contributed by atoms with van der Waals surface area (Å²) in [6, 6.07) is 9.24. The van der Waals surface area contributed by atoms with Crippen LogP contribution in [0.5, 0.6) is 0 Å². The average Bonchev–Trinajstić information content (AvgIpc) is 2.19. The number of aliphatic hydroxyl groups is 1. The molecule has 0 spiro atoms. The number of hydrogen-bond acceptors (Lipinski definition) is 3. The molecule has 1 atom stereocenters. The van der Waals surface area contributed by atoms with E-state index in [0.717, 1.165) is 11.8 Å². The summed E-state index contributed by atoms with van der Waals surface area (Å²) in [4.78, 5) is 11.0. The second-order valence-corrected chi connectivity index (χ2v) is 2.81. The van der Waals surface area contributed by atoms with E-state index in [0.29, 0.717) is 0 Å². The van der Waals surface area contributed by atoms with Crippen molar-refractivity contribution in [3.8, 4) is 0 Å². The quantitative estimate of drug-likeness (QED) is 0.577. The summed E-state index contributed by atoms with van der Waals surface area (Å²) < 4.78 is 4.45. The largest absolute Gasteiger partial charge is 0.433 e. The molecule has 3 nitrogen and oxygen atoms in total. The number of esters is 1. The van der Waals surface area contributed by atoms with Crippen molar-refractivity contribution in [1.82, 2.24) is 0 Å².